The van der Waals surface area contributed by atoms with Gasteiger partial charge >= 0.3 is 7.60 Å². The van der Waals surface area contributed by atoms with Gasteiger partial charge in [-0.25, -0.2) is 0 Å². The van der Waals surface area contributed by atoms with Gasteiger partial charge in [0, 0.05) is 0 Å². The lowest BCUT2D eigenvalue weighted by atomic mass is 10.1. The van der Waals surface area contributed by atoms with Crippen LogP contribution in [0.5, 0.6) is 0 Å². The van der Waals surface area contributed by atoms with Gasteiger partial charge in [0.05, 0.1) is 5.66 Å². The van der Waals surface area contributed by atoms with E-state index in [9.17, 15) is 4.57 Å². The van der Waals surface area contributed by atoms with Crippen molar-refractivity contribution in [3.05, 3.63) is 0 Å². The Morgan fingerprint density at radius 1 is 1.45 bits per heavy atom. The van der Waals surface area contributed by atoms with Crippen LogP contribution in [-0.2, 0) is 4.57 Å². The van der Waals surface area contributed by atoms with Gasteiger partial charge < -0.3 is 9.79 Å². The standard InChI is InChI=1S/C7H15O3P/c1-2-6-3-4-7(5-6)11(8,9)10/h6-7H,2-5H2,1H3,(H2,8,9,10). The van der Waals surface area contributed by atoms with Crippen LogP contribution in [0.25, 0.3) is 0 Å². The van der Waals surface area contributed by atoms with Gasteiger partial charge in [-0.1, -0.05) is 13.3 Å². The van der Waals surface area contributed by atoms with Crippen molar-refractivity contribution in [1.29, 1.82) is 0 Å². The molecule has 4 heteroatoms. The molecule has 1 saturated carbocycles. The van der Waals surface area contributed by atoms with E-state index < -0.39 is 7.60 Å². The van der Waals surface area contributed by atoms with Crippen LogP contribution in [0.2, 0.25) is 0 Å². The van der Waals surface area contributed by atoms with E-state index >= 15 is 0 Å². The van der Waals surface area contributed by atoms with Crippen LogP contribution in [-0.4, -0.2) is 15.4 Å². The van der Waals surface area contributed by atoms with E-state index in [1.54, 1.807) is 0 Å². The summed E-state index contributed by atoms with van der Waals surface area (Å²) in [5, 5.41) is 0. The number of hydrogen-bond donors (Lipinski definition) is 2. The zero-order valence-electron chi connectivity index (χ0n) is 6.73. The van der Waals surface area contributed by atoms with Crippen LogP contribution < -0.4 is 0 Å². The minimum atomic E-state index is -3.76. The van der Waals surface area contributed by atoms with Crippen LogP contribution in [0.4, 0.5) is 0 Å². The second-order valence-electron chi connectivity index (χ2n) is 3.33. The third kappa shape index (κ3) is 2.29. The van der Waals surface area contributed by atoms with Crippen LogP contribution in [0, 0.1) is 5.92 Å². The second-order valence-corrected chi connectivity index (χ2v) is 5.24. The fourth-order valence-corrected chi connectivity index (χ4v) is 2.78. The Morgan fingerprint density at radius 3 is 2.36 bits per heavy atom. The molecule has 0 spiro atoms. The Labute approximate surface area is 67.0 Å². The van der Waals surface area contributed by atoms with Crippen molar-refractivity contribution in [2.24, 2.45) is 5.92 Å². The molecule has 1 aliphatic rings. The van der Waals surface area contributed by atoms with E-state index in [0.29, 0.717) is 12.3 Å². The Balaban J connectivity index is 2.48. The monoisotopic (exact) mass is 178 g/mol. The van der Waals surface area contributed by atoms with Gasteiger partial charge in [-0.05, 0) is 25.2 Å². The van der Waals surface area contributed by atoms with Crippen molar-refractivity contribution in [1.82, 2.24) is 0 Å². The number of rotatable bonds is 2. The van der Waals surface area contributed by atoms with Crippen molar-refractivity contribution >= 4 is 7.60 Å². The molecule has 1 aliphatic carbocycles. The van der Waals surface area contributed by atoms with E-state index in [2.05, 4.69) is 6.92 Å². The topological polar surface area (TPSA) is 57.5 Å². The average Bonchev–Trinajstić information content (AvgIpc) is 2.32. The van der Waals surface area contributed by atoms with Gasteiger partial charge in [0.2, 0.25) is 0 Å². The summed E-state index contributed by atoms with van der Waals surface area (Å²) in [6.45, 7) is 2.08. The van der Waals surface area contributed by atoms with E-state index in [1.165, 1.54) is 0 Å². The lowest BCUT2D eigenvalue weighted by molar-refractivity contribution is 0.356. The third-order valence-electron chi connectivity index (χ3n) is 2.57. The first-order valence-corrected chi connectivity index (χ1v) is 5.77. The zero-order valence-corrected chi connectivity index (χ0v) is 7.63. The summed E-state index contributed by atoms with van der Waals surface area (Å²) in [6.07, 6.45) is 3.48. The first-order chi connectivity index (χ1) is 5.04. The summed E-state index contributed by atoms with van der Waals surface area (Å²) < 4.78 is 10.8. The Hall–Kier alpha value is 0.150. The molecule has 1 fully saturated rings. The maximum Gasteiger partial charge on any atom is 0.328 e. The normalized spacial score (nSPS) is 32.6. The smallest absolute Gasteiger partial charge is 0.324 e. The maximum atomic E-state index is 10.8. The van der Waals surface area contributed by atoms with Gasteiger partial charge in [-0.2, -0.15) is 0 Å². The minimum Gasteiger partial charge on any atom is -0.324 e. The largest absolute Gasteiger partial charge is 0.328 e. The zero-order chi connectivity index (χ0) is 8.48. The molecule has 0 aromatic carbocycles. The van der Waals surface area contributed by atoms with Crippen LogP contribution in [0.1, 0.15) is 32.6 Å². The fraction of sp³-hybridized carbons (Fsp3) is 1.00. The van der Waals surface area contributed by atoms with Crippen LogP contribution in [0.3, 0.4) is 0 Å². The van der Waals surface area contributed by atoms with Gasteiger partial charge in [0.25, 0.3) is 0 Å². The Morgan fingerprint density at radius 2 is 2.09 bits per heavy atom. The predicted molar refractivity (Wildman–Crippen MR) is 43.5 cm³/mol. The van der Waals surface area contributed by atoms with E-state index in [-0.39, 0.29) is 5.66 Å². The predicted octanol–water partition coefficient (Wildman–Crippen LogP) is 1.74. The summed E-state index contributed by atoms with van der Waals surface area (Å²) in [6, 6.07) is 0. The summed E-state index contributed by atoms with van der Waals surface area (Å²) in [4.78, 5) is 17.7. The molecule has 0 amide bonds. The Bertz CT molecular complexity index is 175. The van der Waals surface area contributed by atoms with Crippen molar-refractivity contribution in [2.45, 2.75) is 38.3 Å². The lowest BCUT2D eigenvalue weighted by Crippen LogP contribution is -2.02. The molecule has 0 heterocycles. The molecular weight excluding hydrogens is 163 g/mol. The SMILES string of the molecule is CCC1CCC(P(=O)(O)O)C1. The molecule has 0 aliphatic heterocycles. The maximum absolute atomic E-state index is 10.8. The fourth-order valence-electron chi connectivity index (χ4n) is 1.72. The quantitative estimate of drug-likeness (QED) is 0.633. The van der Waals surface area contributed by atoms with Crippen LogP contribution >= 0.6 is 7.60 Å². The molecule has 66 valence electrons. The molecule has 2 N–H and O–H groups in total. The van der Waals surface area contributed by atoms with Crippen molar-refractivity contribution < 1.29 is 14.4 Å². The van der Waals surface area contributed by atoms with Gasteiger partial charge in [0.15, 0.2) is 0 Å². The molecule has 0 saturated heterocycles. The van der Waals surface area contributed by atoms with Gasteiger partial charge in [0.1, 0.15) is 0 Å². The van der Waals surface area contributed by atoms with E-state index in [4.69, 9.17) is 9.79 Å². The molecular formula is C7H15O3P. The first-order valence-electron chi connectivity index (χ1n) is 4.09. The van der Waals surface area contributed by atoms with E-state index in [0.717, 1.165) is 19.3 Å². The molecule has 2 unspecified atom stereocenters. The molecule has 0 aromatic rings. The highest BCUT2D eigenvalue weighted by atomic mass is 31.2. The van der Waals surface area contributed by atoms with Crippen molar-refractivity contribution in [2.75, 3.05) is 0 Å². The summed E-state index contributed by atoms with van der Waals surface area (Å²) in [5.41, 5.74) is -0.340. The summed E-state index contributed by atoms with van der Waals surface area (Å²) in [5.74, 6) is 0.549. The number of hydrogen-bond acceptors (Lipinski definition) is 1. The highest BCUT2D eigenvalue weighted by molar-refractivity contribution is 7.52. The summed E-state index contributed by atoms with van der Waals surface area (Å²) >= 11 is 0. The Kier molecular flexibility index (Phi) is 2.74. The van der Waals surface area contributed by atoms with E-state index in [1.807, 2.05) is 0 Å². The second kappa shape index (κ2) is 3.26. The molecule has 0 bridgehead atoms. The molecule has 1 rings (SSSR count). The highest BCUT2D eigenvalue weighted by Crippen LogP contribution is 2.51. The van der Waals surface area contributed by atoms with Crippen LogP contribution in [0.15, 0.2) is 0 Å². The minimum absolute atomic E-state index is 0.340. The first kappa shape index (κ1) is 9.24. The molecule has 0 aromatic heterocycles. The highest BCUT2D eigenvalue weighted by Gasteiger charge is 2.35. The average molecular weight is 178 g/mol. The molecule has 2 atom stereocenters. The summed E-state index contributed by atoms with van der Waals surface area (Å²) in [7, 11) is -3.76. The molecule has 3 nitrogen and oxygen atoms in total. The van der Waals surface area contributed by atoms with Gasteiger partial charge in [-0.15, -0.1) is 0 Å². The van der Waals surface area contributed by atoms with Crippen molar-refractivity contribution in [3.63, 3.8) is 0 Å². The molecule has 11 heavy (non-hydrogen) atoms. The third-order valence-corrected chi connectivity index (χ3v) is 3.99. The lowest BCUT2D eigenvalue weighted by Gasteiger charge is -2.11. The van der Waals surface area contributed by atoms with Gasteiger partial charge in [-0.3, -0.25) is 4.57 Å². The molecule has 0 radical (unpaired) electrons. The van der Waals surface area contributed by atoms with Crippen molar-refractivity contribution in [3.8, 4) is 0 Å².